The van der Waals surface area contributed by atoms with Crippen LogP contribution in [0.4, 0.5) is 19.0 Å². The van der Waals surface area contributed by atoms with Crippen LogP contribution in [-0.4, -0.2) is 94.9 Å². The maximum absolute atomic E-state index is 13.7. The van der Waals surface area contributed by atoms with Gasteiger partial charge in [0.25, 0.3) is 0 Å². The Bertz CT molecular complexity index is 2140. The number of nitrogens with one attached hydrogen (secondary N) is 1. The summed E-state index contributed by atoms with van der Waals surface area (Å²) in [7, 11) is -4.98. The monoisotopic (exact) mass is 825 g/mol. The molecule has 7 rings (SSSR count). The second-order valence-electron chi connectivity index (χ2n) is 16.9. The molecule has 2 aliphatic carbocycles. The summed E-state index contributed by atoms with van der Waals surface area (Å²) >= 11 is 6.12. The van der Waals surface area contributed by atoms with Crippen LogP contribution >= 0.6 is 11.6 Å². The third-order valence-electron chi connectivity index (χ3n) is 10.7. The number of imidazole rings is 1. The van der Waals surface area contributed by atoms with Gasteiger partial charge in [0.1, 0.15) is 36.5 Å². The van der Waals surface area contributed by atoms with E-state index in [0.717, 1.165) is 41.8 Å². The van der Waals surface area contributed by atoms with Crippen molar-refractivity contribution in [2.24, 2.45) is 5.92 Å². The van der Waals surface area contributed by atoms with Gasteiger partial charge in [-0.3, -0.25) is 0 Å². The Morgan fingerprint density at radius 3 is 2.56 bits per heavy atom. The van der Waals surface area contributed by atoms with Crippen molar-refractivity contribution in [3.63, 3.8) is 0 Å². The highest BCUT2D eigenvalue weighted by Crippen LogP contribution is 2.48. The number of unbranched alkanes of at least 4 members (excludes halogenated alkanes) is 1. The van der Waals surface area contributed by atoms with Gasteiger partial charge in [0.15, 0.2) is 5.79 Å². The first kappa shape index (κ1) is 40.4. The number of anilines is 1. The van der Waals surface area contributed by atoms with Crippen molar-refractivity contribution >= 4 is 57.6 Å². The number of hydrogen-bond donors (Lipinski definition) is 1. The second kappa shape index (κ2) is 15.2. The number of ether oxygens (including phenoxy) is 3. The van der Waals surface area contributed by atoms with Crippen molar-refractivity contribution in [2.45, 2.75) is 121 Å². The first-order valence-electron chi connectivity index (χ1n) is 19.0. The summed E-state index contributed by atoms with van der Waals surface area (Å²) in [6.45, 7) is 11.6. The van der Waals surface area contributed by atoms with Gasteiger partial charge in [0.05, 0.1) is 45.4 Å². The Balaban J connectivity index is 1.06. The lowest BCUT2D eigenvalue weighted by Gasteiger charge is -2.28. The quantitative estimate of drug-likeness (QED) is 0.0894. The van der Waals surface area contributed by atoms with Crippen LogP contribution in [0.1, 0.15) is 63.4 Å². The third kappa shape index (κ3) is 9.18. The normalized spacial score (nSPS) is 23.0. The molecule has 302 valence electrons. The summed E-state index contributed by atoms with van der Waals surface area (Å²) in [4.78, 5) is 13.7. The van der Waals surface area contributed by atoms with E-state index < -0.39 is 40.6 Å². The second-order valence-corrected chi connectivity index (χ2v) is 24.9. The molecule has 1 aromatic carbocycles. The van der Waals surface area contributed by atoms with E-state index in [2.05, 4.69) is 44.5 Å². The summed E-state index contributed by atoms with van der Waals surface area (Å²) in [6.07, 6.45) is 3.86. The standard InChI is InChI=1S/C37H51ClF3N7O5SSi/c1-36(2)52-32-23(17-30(33(32)53-36)47-14-12-25-34(44-24-10-11-24)42-21-43-35(25)47)20-46(54(3,49)50)13-8-7-9-31-45-28-18-26(37(39,40)41)27(38)19-29(28)48(31)22-51-15-16-55(4,5)6/h12,14,18-19,21,23-24,30,32-33H,7-11,13,15-17,20,22H2,1-6H3,(H,42,43,44). The van der Waals surface area contributed by atoms with Crippen molar-refractivity contribution in [1.82, 2.24) is 28.4 Å². The Hall–Kier alpha value is -2.80. The summed E-state index contributed by atoms with van der Waals surface area (Å²) in [5.41, 5.74) is 0.498. The smallest absolute Gasteiger partial charge is 0.367 e. The Kier molecular flexibility index (Phi) is 11.1. The molecule has 1 aliphatic heterocycles. The van der Waals surface area contributed by atoms with Gasteiger partial charge in [-0.15, -0.1) is 0 Å². The molecule has 3 aromatic heterocycles. The third-order valence-corrected chi connectivity index (χ3v) is 14.0. The van der Waals surface area contributed by atoms with Crippen LogP contribution in [0.5, 0.6) is 0 Å². The van der Waals surface area contributed by atoms with Gasteiger partial charge in [-0.2, -0.15) is 13.2 Å². The molecule has 3 fully saturated rings. The molecule has 4 unspecified atom stereocenters. The molecule has 1 N–H and O–H groups in total. The number of aryl methyl sites for hydroxylation is 1. The summed E-state index contributed by atoms with van der Waals surface area (Å²) < 4.78 is 91.9. The molecule has 0 spiro atoms. The minimum Gasteiger partial charge on any atom is -0.367 e. The molecule has 4 heterocycles. The predicted molar refractivity (Wildman–Crippen MR) is 208 cm³/mol. The van der Waals surface area contributed by atoms with Gasteiger partial charge in [-0.05, 0) is 70.2 Å². The van der Waals surface area contributed by atoms with Gasteiger partial charge in [-0.1, -0.05) is 31.2 Å². The molecule has 4 atom stereocenters. The maximum Gasteiger partial charge on any atom is 0.417 e. The maximum atomic E-state index is 13.7. The number of alkyl halides is 3. The van der Waals surface area contributed by atoms with Crippen LogP contribution in [0.15, 0.2) is 30.7 Å². The van der Waals surface area contributed by atoms with E-state index in [1.807, 2.05) is 26.1 Å². The first-order valence-corrected chi connectivity index (χ1v) is 24.9. The largest absolute Gasteiger partial charge is 0.417 e. The average molecular weight is 826 g/mol. The highest BCUT2D eigenvalue weighted by atomic mass is 35.5. The molecule has 3 aliphatic rings. The predicted octanol–water partition coefficient (Wildman–Crippen LogP) is 7.71. The van der Waals surface area contributed by atoms with Crippen LogP contribution in [0.25, 0.3) is 22.1 Å². The highest BCUT2D eigenvalue weighted by Gasteiger charge is 2.55. The lowest BCUT2D eigenvalue weighted by molar-refractivity contribution is -0.160. The van der Waals surface area contributed by atoms with Crippen LogP contribution in [-0.2, 0) is 43.6 Å². The van der Waals surface area contributed by atoms with Gasteiger partial charge >= 0.3 is 6.18 Å². The SMILES string of the molecule is CC1(C)OC2C(CN(CCCCc3nc4cc(C(F)(F)F)c(Cl)cc4n3COCC[Si](C)(C)C)S(C)(=O)=O)CC(n3ccc4c(NC5CC5)ncnc43)C2O1. The lowest BCUT2D eigenvalue weighted by atomic mass is 10.1. The zero-order valence-electron chi connectivity index (χ0n) is 32.2. The Labute approximate surface area is 326 Å². The summed E-state index contributed by atoms with van der Waals surface area (Å²) in [5.74, 6) is 0.375. The molecule has 55 heavy (non-hydrogen) atoms. The number of benzene rings is 1. The fraction of sp³-hybridized carbons (Fsp3) is 0.649. The number of fused-ring (bicyclic) bond motifs is 3. The van der Waals surface area contributed by atoms with Crippen LogP contribution in [0, 0.1) is 5.92 Å². The zero-order chi connectivity index (χ0) is 39.5. The van der Waals surface area contributed by atoms with Crippen molar-refractivity contribution in [3.05, 3.63) is 47.1 Å². The van der Waals surface area contributed by atoms with E-state index in [1.54, 1.807) is 10.9 Å². The van der Waals surface area contributed by atoms with Crippen molar-refractivity contribution < 1.29 is 35.8 Å². The van der Waals surface area contributed by atoms with Gasteiger partial charge in [0.2, 0.25) is 10.0 Å². The minimum absolute atomic E-state index is 0.123. The molecule has 2 saturated carbocycles. The number of rotatable bonds is 16. The number of hydrogen-bond acceptors (Lipinski definition) is 9. The molecular weight excluding hydrogens is 775 g/mol. The zero-order valence-corrected chi connectivity index (χ0v) is 34.8. The van der Waals surface area contributed by atoms with Crippen LogP contribution in [0.2, 0.25) is 30.7 Å². The van der Waals surface area contributed by atoms with Crippen LogP contribution in [0.3, 0.4) is 0 Å². The van der Waals surface area contributed by atoms with Gasteiger partial charge in [-0.25, -0.2) is 27.7 Å². The number of aromatic nitrogens is 5. The molecular formula is C37H51ClF3N7O5SSi. The van der Waals surface area contributed by atoms with E-state index in [-0.39, 0.29) is 49.5 Å². The number of halogens is 4. The van der Waals surface area contributed by atoms with Crippen molar-refractivity contribution in [1.29, 1.82) is 0 Å². The van der Waals surface area contributed by atoms with Crippen molar-refractivity contribution in [2.75, 3.05) is 31.3 Å². The number of nitrogens with zero attached hydrogens (tertiary/aromatic N) is 6. The molecule has 18 heteroatoms. The molecule has 0 bridgehead atoms. The van der Waals surface area contributed by atoms with E-state index in [1.165, 1.54) is 16.6 Å². The van der Waals surface area contributed by atoms with E-state index >= 15 is 0 Å². The summed E-state index contributed by atoms with van der Waals surface area (Å²) in [5, 5.41) is 4.03. The minimum atomic E-state index is -4.62. The average Bonchev–Trinajstić information content (AvgIpc) is 3.38. The molecule has 12 nitrogen and oxygen atoms in total. The summed E-state index contributed by atoms with van der Waals surface area (Å²) in [6, 6.07) is 5.53. The molecule has 1 saturated heterocycles. The van der Waals surface area contributed by atoms with E-state index in [9.17, 15) is 21.6 Å². The van der Waals surface area contributed by atoms with E-state index in [4.69, 9.17) is 25.8 Å². The van der Waals surface area contributed by atoms with Crippen LogP contribution < -0.4 is 5.32 Å². The lowest BCUT2D eigenvalue weighted by Crippen LogP contribution is -2.39. The van der Waals surface area contributed by atoms with Crippen molar-refractivity contribution in [3.8, 4) is 0 Å². The molecule has 0 radical (unpaired) electrons. The number of sulfonamides is 1. The van der Waals surface area contributed by atoms with E-state index in [0.29, 0.717) is 49.7 Å². The molecule has 4 aromatic rings. The van der Waals surface area contributed by atoms with Gasteiger partial charge < -0.3 is 28.7 Å². The highest BCUT2D eigenvalue weighted by molar-refractivity contribution is 7.88. The Morgan fingerprint density at radius 1 is 1.13 bits per heavy atom. The fourth-order valence-electron chi connectivity index (χ4n) is 7.79. The first-order chi connectivity index (χ1) is 25.8. The van der Waals surface area contributed by atoms with Gasteiger partial charge in [0, 0.05) is 52.3 Å². The fourth-order valence-corrected chi connectivity index (χ4v) is 9.73. The Morgan fingerprint density at radius 2 is 1.87 bits per heavy atom. The molecule has 0 amide bonds. The topological polar surface area (TPSA) is 126 Å².